The van der Waals surface area contributed by atoms with Crippen molar-refractivity contribution in [1.29, 1.82) is 0 Å². The van der Waals surface area contributed by atoms with Gasteiger partial charge in [0.25, 0.3) is 0 Å². The van der Waals surface area contributed by atoms with Crippen molar-refractivity contribution in [3.8, 4) is 0 Å². The van der Waals surface area contributed by atoms with E-state index in [0.717, 1.165) is 43.8 Å². The number of aromatic nitrogens is 2. The molecular weight excluding hydrogens is 561 g/mol. The van der Waals surface area contributed by atoms with Crippen molar-refractivity contribution in [1.82, 2.24) is 9.97 Å². The second-order valence-electron chi connectivity index (χ2n) is 6.76. The first-order valence-corrected chi connectivity index (χ1v) is 11.9. The maximum atomic E-state index is 6.09. The third kappa shape index (κ3) is 8.88. The van der Waals surface area contributed by atoms with Crippen molar-refractivity contribution in [3.63, 3.8) is 0 Å². The van der Waals surface area contributed by atoms with Gasteiger partial charge in [-0.25, -0.2) is 9.97 Å². The number of halogens is 5. The third-order valence-corrected chi connectivity index (χ3v) is 5.98. The fourth-order valence-corrected chi connectivity index (χ4v) is 4.39. The number of aryl methyl sites for hydroxylation is 2. The molecule has 0 aliphatic heterocycles. The van der Waals surface area contributed by atoms with Crippen LogP contribution in [-0.2, 0) is 0 Å². The Balaban J connectivity index is 0.000000510. The number of hydrogen-bond donors (Lipinski definition) is 0. The van der Waals surface area contributed by atoms with E-state index in [1.54, 1.807) is 12.1 Å². The zero-order valence-corrected chi connectivity index (χ0v) is 23.6. The van der Waals surface area contributed by atoms with E-state index in [4.69, 9.17) is 46.4 Å². The van der Waals surface area contributed by atoms with E-state index in [1.165, 1.54) is 6.42 Å². The Labute approximate surface area is 235 Å². The van der Waals surface area contributed by atoms with Gasteiger partial charge < -0.3 is 12.4 Å². The van der Waals surface area contributed by atoms with Crippen LogP contribution in [0.4, 0.5) is 0 Å². The van der Waals surface area contributed by atoms with Crippen LogP contribution in [0.1, 0.15) is 30.9 Å². The summed E-state index contributed by atoms with van der Waals surface area (Å²) in [5.41, 5.74) is 3.86. The van der Waals surface area contributed by atoms with Crippen molar-refractivity contribution in [2.75, 3.05) is 0 Å². The molecule has 2 aromatic heterocycles. The van der Waals surface area contributed by atoms with E-state index in [9.17, 15) is 0 Å². The van der Waals surface area contributed by atoms with Gasteiger partial charge in [0.15, 0.2) is 0 Å². The van der Waals surface area contributed by atoms with Crippen LogP contribution in [0, 0.1) is 20.8 Å². The van der Waals surface area contributed by atoms with Crippen molar-refractivity contribution < 1.29 is 24.3 Å². The van der Waals surface area contributed by atoms with Crippen LogP contribution >= 0.6 is 62.3 Å². The van der Waals surface area contributed by atoms with Crippen molar-refractivity contribution in [2.24, 2.45) is 0 Å². The molecule has 4 aromatic rings. The van der Waals surface area contributed by atoms with Gasteiger partial charge >= 0.3 is 18.9 Å². The summed E-state index contributed by atoms with van der Waals surface area (Å²) in [5.74, 6) is 0. The van der Waals surface area contributed by atoms with E-state index in [1.807, 2.05) is 44.2 Å². The number of unbranched alkanes of at least 4 members (excludes halogenated alkanes) is 1. The first-order valence-electron chi connectivity index (χ1n) is 9.61. The van der Waals surface area contributed by atoms with E-state index in [0.29, 0.717) is 20.4 Å². The van der Waals surface area contributed by atoms with Crippen LogP contribution in [0.5, 0.6) is 0 Å². The van der Waals surface area contributed by atoms with Crippen LogP contribution in [0.25, 0.3) is 21.8 Å². The van der Waals surface area contributed by atoms with Gasteiger partial charge in [0.2, 0.25) is 0 Å². The monoisotopic (exact) mass is 582 g/mol. The quantitative estimate of drug-likeness (QED) is 0.151. The molecule has 3 nitrogen and oxygen atoms in total. The molecule has 33 heavy (non-hydrogen) atoms. The first kappa shape index (κ1) is 32.5. The van der Waals surface area contributed by atoms with Crippen LogP contribution < -0.4 is 18.9 Å². The Hall–Kier alpha value is -0.543. The number of fused-ring (bicyclic) bond motifs is 2. The Morgan fingerprint density at radius 2 is 1.36 bits per heavy atom. The molecule has 0 spiro atoms. The van der Waals surface area contributed by atoms with E-state index in [-0.39, 0.29) is 24.3 Å². The molecule has 0 saturated heterocycles. The molecule has 0 aliphatic rings. The summed E-state index contributed by atoms with van der Waals surface area (Å²) in [5, 5.41) is 4.07. The maximum Gasteiger partial charge on any atom is 1.00 e. The standard InChI is InChI=1S/C10H6BrCl2N.C10H7Cl2N.C4H9.Li.H2O/c1-5-2-3-6(11)10-9(5)7(12)4-8(13)14-10;1-6-3-2-4-8-10(6)7(11)5-9(12)13-8;1-3-4-2;;/h2-4H,1H3;2-5H,1H3;1,3-4H2,2H3;;1H2/q;;-1;+1;. The SMILES string of the molecule is Cc1ccc(Br)c2nc(Cl)cc(Cl)c12.Cc1cccc2nc(Cl)cc(Cl)c12.O.[CH2-]CCC.[Li+]. The number of pyridine rings is 2. The molecule has 9 heteroatoms. The molecular formula is C24H24BrCl4LiN2O. The molecule has 2 aromatic carbocycles. The number of nitrogens with zero attached hydrogens (tertiary/aromatic N) is 2. The molecule has 4 rings (SSSR count). The van der Waals surface area contributed by atoms with Crippen LogP contribution in [-0.4, -0.2) is 15.4 Å². The molecule has 172 valence electrons. The minimum atomic E-state index is 0. The Kier molecular flexibility index (Phi) is 15.2. The second kappa shape index (κ2) is 15.5. The normalized spacial score (nSPS) is 9.73. The zero-order valence-electron chi connectivity index (χ0n) is 18.9. The summed E-state index contributed by atoms with van der Waals surface area (Å²) < 4.78 is 0.905. The van der Waals surface area contributed by atoms with Gasteiger partial charge in [-0.2, -0.15) is 6.42 Å². The zero-order chi connectivity index (χ0) is 23.1. The summed E-state index contributed by atoms with van der Waals surface area (Å²) in [6.45, 7) is 9.72. The Morgan fingerprint density at radius 1 is 0.848 bits per heavy atom. The van der Waals surface area contributed by atoms with Gasteiger partial charge in [0, 0.05) is 15.2 Å². The average molecular weight is 585 g/mol. The molecule has 0 saturated carbocycles. The largest absolute Gasteiger partial charge is 1.00 e. The number of hydrogen-bond acceptors (Lipinski definition) is 2. The van der Waals surface area contributed by atoms with Gasteiger partial charge in [-0.1, -0.05) is 77.9 Å². The maximum absolute atomic E-state index is 6.09. The van der Waals surface area contributed by atoms with Gasteiger partial charge in [-0.05, 0) is 65.2 Å². The summed E-state index contributed by atoms with van der Waals surface area (Å²) in [7, 11) is 0. The number of rotatable bonds is 1. The van der Waals surface area contributed by atoms with Crippen LogP contribution in [0.15, 0.2) is 46.9 Å². The molecule has 0 radical (unpaired) electrons. The van der Waals surface area contributed by atoms with Gasteiger partial charge in [-0.15, -0.1) is 0 Å². The first-order chi connectivity index (χ1) is 14.7. The molecule has 0 fully saturated rings. The van der Waals surface area contributed by atoms with Gasteiger partial charge in [0.1, 0.15) is 10.3 Å². The molecule has 2 heterocycles. The average Bonchev–Trinajstić information content (AvgIpc) is 2.70. The molecule has 0 bridgehead atoms. The smallest absolute Gasteiger partial charge is 0.412 e. The summed E-state index contributed by atoms with van der Waals surface area (Å²) in [6.07, 6.45) is 2.28. The fraction of sp³-hybridized carbons (Fsp3) is 0.208. The van der Waals surface area contributed by atoms with Crippen molar-refractivity contribution in [2.45, 2.75) is 33.6 Å². The van der Waals surface area contributed by atoms with Gasteiger partial charge in [-0.3, -0.25) is 0 Å². The summed E-state index contributed by atoms with van der Waals surface area (Å²) in [4.78, 5) is 8.41. The minimum absolute atomic E-state index is 0. The molecule has 0 atom stereocenters. The Bertz CT molecular complexity index is 1210. The Morgan fingerprint density at radius 3 is 1.94 bits per heavy atom. The molecule has 0 amide bonds. The molecule has 2 N–H and O–H groups in total. The second-order valence-corrected chi connectivity index (χ2v) is 9.21. The van der Waals surface area contributed by atoms with Crippen LogP contribution in [0.3, 0.4) is 0 Å². The number of benzene rings is 2. The minimum Gasteiger partial charge on any atom is -0.412 e. The molecule has 0 aliphatic carbocycles. The fourth-order valence-electron chi connectivity index (χ4n) is 2.77. The summed E-state index contributed by atoms with van der Waals surface area (Å²) in [6, 6.07) is 13.1. The van der Waals surface area contributed by atoms with E-state index < -0.39 is 0 Å². The van der Waals surface area contributed by atoms with E-state index in [2.05, 4.69) is 39.7 Å². The third-order valence-electron chi connectivity index (χ3n) is 4.36. The molecule has 0 unspecified atom stereocenters. The predicted octanol–water partition coefficient (Wildman–Crippen LogP) is 6.26. The topological polar surface area (TPSA) is 57.3 Å². The summed E-state index contributed by atoms with van der Waals surface area (Å²) >= 11 is 27.2. The van der Waals surface area contributed by atoms with Crippen molar-refractivity contribution >= 4 is 84.1 Å². The van der Waals surface area contributed by atoms with Crippen molar-refractivity contribution in [3.05, 3.63) is 85.3 Å². The predicted molar refractivity (Wildman–Crippen MR) is 145 cm³/mol. The van der Waals surface area contributed by atoms with E-state index >= 15 is 0 Å². The van der Waals surface area contributed by atoms with Gasteiger partial charge in [0.05, 0.1) is 21.1 Å². The van der Waals surface area contributed by atoms with Crippen LogP contribution in [0.2, 0.25) is 20.4 Å².